The third-order valence-electron chi connectivity index (χ3n) is 5.61. The molecule has 1 saturated carbocycles. The van der Waals surface area contributed by atoms with Crippen LogP contribution in [0.25, 0.3) is 5.65 Å². The molecule has 6 heteroatoms. The molecule has 1 amide bonds. The highest BCUT2D eigenvalue weighted by atomic mass is 16.5. The molecule has 2 aromatic heterocycles. The van der Waals surface area contributed by atoms with E-state index in [-0.39, 0.29) is 5.91 Å². The first-order valence-corrected chi connectivity index (χ1v) is 10.3. The number of benzene rings is 1. The van der Waals surface area contributed by atoms with Crippen LogP contribution in [0.15, 0.2) is 54.9 Å². The van der Waals surface area contributed by atoms with Crippen molar-refractivity contribution in [2.24, 2.45) is 5.92 Å². The highest BCUT2D eigenvalue weighted by Crippen LogP contribution is 2.31. The van der Waals surface area contributed by atoms with E-state index in [4.69, 9.17) is 9.47 Å². The van der Waals surface area contributed by atoms with Crippen molar-refractivity contribution >= 4 is 11.6 Å². The van der Waals surface area contributed by atoms with Gasteiger partial charge in [-0.3, -0.25) is 4.79 Å². The fourth-order valence-electron chi connectivity index (χ4n) is 3.89. The minimum Gasteiger partial charge on any atom is -0.487 e. The highest BCUT2D eigenvalue weighted by molar-refractivity contribution is 5.95. The van der Waals surface area contributed by atoms with Gasteiger partial charge in [0, 0.05) is 43.1 Å². The van der Waals surface area contributed by atoms with E-state index < -0.39 is 0 Å². The number of amides is 1. The minimum atomic E-state index is 0.0950. The summed E-state index contributed by atoms with van der Waals surface area (Å²) in [7, 11) is 0. The van der Waals surface area contributed by atoms with Crippen molar-refractivity contribution < 1.29 is 14.3 Å². The molecule has 0 spiro atoms. The first kappa shape index (κ1) is 18.2. The fourth-order valence-corrected chi connectivity index (χ4v) is 3.89. The fraction of sp³-hybridized carbons (Fsp3) is 0.391. The second-order valence-corrected chi connectivity index (χ2v) is 7.93. The van der Waals surface area contributed by atoms with Crippen LogP contribution in [0, 0.1) is 5.92 Å². The number of pyridine rings is 1. The number of imidazole rings is 1. The van der Waals surface area contributed by atoms with Crippen LogP contribution in [0.5, 0.6) is 5.75 Å². The number of ether oxygens (including phenoxy) is 2. The average molecular weight is 391 g/mol. The van der Waals surface area contributed by atoms with Crippen LogP contribution in [0.3, 0.4) is 0 Å². The van der Waals surface area contributed by atoms with E-state index in [0.717, 1.165) is 50.4 Å². The predicted molar refractivity (Wildman–Crippen MR) is 109 cm³/mol. The zero-order chi connectivity index (χ0) is 19.6. The van der Waals surface area contributed by atoms with Crippen molar-refractivity contribution in [3.8, 4) is 5.75 Å². The lowest BCUT2D eigenvalue weighted by Gasteiger charge is -2.25. The Kier molecular flexibility index (Phi) is 4.94. The Morgan fingerprint density at radius 3 is 2.93 bits per heavy atom. The number of fused-ring (bicyclic) bond motifs is 1. The van der Waals surface area contributed by atoms with E-state index in [1.54, 1.807) is 0 Å². The minimum absolute atomic E-state index is 0.0950. The van der Waals surface area contributed by atoms with Gasteiger partial charge in [0.15, 0.2) is 0 Å². The lowest BCUT2D eigenvalue weighted by atomic mass is 10.1. The van der Waals surface area contributed by atoms with Gasteiger partial charge >= 0.3 is 0 Å². The zero-order valence-electron chi connectivity index (χ0n) is 16.4. The smallest absolute Gasteiger partial charge is 0.254 e. The standard InChI is InChI=1S/C23H25N3O3/c27-23(26(20-7-8-20)13-17-9-11-28-15-17)18-4-3-5-21(12-18)29-16-19-14-25-10-2-1-6-22(25)24-19/h1-6,10,12,14,17,20H,7-9,11,13,15-16H2. The molecule has 1 aliphatic carbocycles. The van der Waals surface area contributed by atoms with Gasteiger partial charge in [-0.15, -0.1) is 0 Å². The monoisotopic (exact) mass is 391 g/mol. The van der Waals surface area contributed by atoms with Crippen LogP contribution < -0.4 is 4.74 Å². The zero-order valence-corrected chi connectivity index (χ0v) is 16.4. The molecule has 2 aliphatic rings. The Bertz CT molecular complexity index is 972. The van der Waals surface area contributed by atoms with Crippen LogP contribution in [-0.4, -0.2) is 46.0 Å². The summed E-state index contributed by atoms with van der Waals surface area (Å²) in [6.45, 7) is 2.73. The predicted octanol–water partition coefficient (Wildman–Crippen LogP) is 3.55. The van der Waals surface area contributed by atoms with Gasteiger partial charge in [0.2, 0.25) is 0 Å². The number of hydrogen-bond acceptors (Lipinski definition) is 4. The molecule has 150 valence electrons. The average Bonchev–Trinajstić information content (AvgIpc) is 3.29. The molecule has 1 aliphatic heterocycles. The number of aromatic nitrogens is 2. The maximum Gasteiger partial charge on any atom is 0.254 e. The van der Waals surface area contributed by atoms with Crippen molar-refractivity contribution in [3.63, 3.8) is 0 Å². The molecular weight excluding hydrogens is 366 g/mol. The van der Waals surface area contributed by atoms with E-state index >= 15 is 0 Å². The van der Waals surface area contributed by atoms with Gasteiger partial charge in [0.05, 0.1) is 12.3 Å². The third kappa shape index (κ3) is 4.12. The molecule has 3 heterocycles. The summed E-state index contributed by atoms with van der Waals surface area (Å²) in [5.74, 6) is 1.24. The first-order chi connectivity index (χ1) is 14.3. The normalized spacial score (nSPS) is 18.8. The van der Waals surface area contributed by atoms with E-state index in [0.29, 0.717) is 29.9 Å². The van der Waals surface area contributed by atoms with Gasteiger partial charge in [0.1, 0.15) is 18.0 Å². The summed E-state index contributed by atoms with van der Waals surface area (Å²) in [5.41, 5.74) is 2.43. The van der Waals surface area contributed by atoms with E-state index in [9.17, 15) is 4.79 Å². The molecular formula is C23H25N3O3. The Balaban J connectivity index is 1.27. The summed E-state index contributed by atoms with van der Waals surface area (Å²) in [4.78, 5) is 19.8. The number of nitrogens with zero attached hydrogens (tertiary/aromatic N) is 3. The van der Waals surface area contributed by atoms with Gasteiger partial charge < -0.3 is 18.8 Å². The molecule has 0 bridgehead atoms. The topological polar surface area (TPSA) is 56.1 Å². The van der Waals surface area contributed by atoms with Crippen LogP contribution in [0.4, 0.5) is 0 Å². The molecule has 1 aromatic carbocycles. The summed E-state index contributed by atoms with van der Waals surface area (Å²) >= 11 is 0. The van der Waals surface area contributed by atoms with Crippen LogP contribution in [0.1, 0.15) is 35.3 Å². The molecule has 29 heavy (non-hydrogen) atoms. The Hall–Kier alpha value is -2.86. The molecule has 5 rings (SSSR count). The number of carbonyl (C=O) groups is 1. The largest absolute Gasteiger partial charge is 0.487 e. The number of carbonyl (C=O) groups excluding carboxylic acids is 1. The van der Waals surface area contributed by atoms with E-state index in [2.05, 4.69) is 4.98 Å². The molecule has 0 N–H and O–H groups in total. The van der Waals surface area contributed by atoms with Crippen molar-refractivity contribution in [2.45, 2.75) is 31.9 Å². The van der Waals surface area contributed by atoms with Crippen molar-refractivity contribution in [2.75, 3.05) is 19.8 Å². The first-order valence-electron chi connectivity index (χ1n) is 10.3. The van der Waals surface area contributed by atoms with Crippen LogP contribution in [-0.2, 0) is 11.3 Å². The Morgan fingerprint density at radius 2 is 2.14 bits per heavy atom. The quantitative estimate of drug-likeness (QED) is 0.618. The van der Waals surface area contributed by atoms with Gasteiger partial charge in [0.25, 0.3) is 5.91 Å². The number of hydrogen-bond donors (Lipinski definition) is 0. The second-order valence-electron chi connectivity index (χ2n) is 7.93. The van der Waals surface area contributed by atoms with E-state index in [1.165, 1.54) is 0 Å². The summed E-state index contributed by atoms with van der Waals surface area (Å²) in [6, 6.07) is 13.8. The summed E-state index contributed by atoms with van der Waals surface area (Å²) in [6.07, 6.45) is 7.17. The SMILES string of the molecule is O=C(c1cccc(OCc2cn3ccccc3n2)c1)N(CC1CCOC1)C1CC1. The molecule has 1 atom stereocenters. The lowest BCUT2D eigenvalue weighted by Crippen LogP contribution is -2.37. The molecule has 2 fully saturated rings. The summed E-state index contributed by atoms with van der Waals surface area (Å²) < 4.78 is 13.4. The molecule has 6 nitrogen and oxygen atoms in total. The molecule has 3 aromatic rings. The van der Waals surface area contributed by atoms with Crippen molar-refractivity contribution in [1.29, 1.82) is 0 Å². The van der Waals surface area contributed by atoms with Crippen LogP contribution >= 0.6 is 0 Å². The van der Waals surface area contributed by atoms with Crippen molar-refractivity contribution in [3.05, 3.63) is 66.1 Å². The molecule has 1 unspecified atom stereocenters. The van der Waals surface area contributed by atoms with E-state index in [1.807, 2.05) is 64.2 Å². The van der Waals surface area contributed by atoms with Gasteiger partial charge in [-0.05, 0) is 49.6 Å². The third-order valence-corrected chi connectivity index (χ3v) is 5.61. The summed E-state index contributed by atoms with van der Waals surface area (Å²) in [5, 5.41) is 0. The Morgan fingerprint density at radius 1 is 1.21 bits per heavy atom. The number of rotatable bonds is 7. The highest BCUT2D eigenvalue weighted by Gasteiger charge is 2.35. The van der Waals surface area contributed by atoms with Crippen LogP contribution in [0.2, 0.25) is 0 Å². The lowest BCUT2D eigenvalue weighted by molar-refractivity contribution is 0.0705. The molecule has 0 radical (unpaired) electrons. The van der Waals surface area contributed by atoms with Gasteiger partial charge in [-0.25, -0.2) is 4.98 Å². The maximum atomic E-state index is 13.2. The molecule has 1 saturated heterocycles. The van der Waals surface area contributed by atoms with Gasteiger partial charge in [-0.2, -0.15) is 0 Å². The van der Waals surface area contributed by atoms with Crippen molar-refractivity contribution in [1.82, 2.24) is 14.3 Å². The second kappa shape index (κ2) is 7.87. The Labute approximate surface area is 170 Å². The maximum absolute atomic E-state index is 13.2. The van der Waals surface area contributed by atoms with Gasteiger partial charge in [-0.1, -0.05) is 12.1 Å².